The minimum absolute atomic E-state index is 0.363. The van der Waals surface area contributed by atoms with Crippen LogP contribution in [-0.4, -0.2) is 11.9 Å². The fraction of sp³-hybridized carbons (Fsp3) is 0.182. The Morgan fingerprint density at radius 2 is 2.12 bits per heavy atom. The van der Waals surface area contributed by atoms with Crippen LogP contribution in [0, 0.1) is 18.3 Å². The van der Waals surface area contributed by atoms with Gasteiger partial charge in [0.05, 0.1) is 11.6 Å². The number of imide groups is 1. The first-order valence-corrected chi connectivity index (χ1v) is 4.74. The van der Waals surface area contributed by atoms with Gasteiger partial charge in [0.1, 0.15) is 6.04 Å². The molecule has 1 heterocycles. The van der Waals surface area contributed by atoms with Crippen LogP contribution in [0.25, 0.3) is 0 Å². The van der Waals surface area contributed by atoms with Crippen molar-refractivity contribution in [2.24, 2.45) is 0 Å². The molecule has 0 bridgehead atoms. The predicted molar refractivity (Wildman–Crippen MR) is 55.3 cm³/mol. The van der Waals surface area contributed by atoms with Gasteiger partial charge in [0, 0.05) is 0 Å². The molecule has 0 spiro atoms. The summed E-state index contributed by atoms with van der Waals surface area (Å²) in [6.45, 7) is 1.80. The van der Waals surface area contributed by atoms with Gasteiger partial charge in [-0.15, -0.1) is 0 Å². The average Bonchev–Trinajstić information content (AvgIpc) is 2.57. The van der Waals surface area contributed by atoms with Crippen LogP contribution in [0.2, 0.25) is 0 Å². The number of benzene rings is 1. The molecule has 0 aromatic heterocycles. The summed E-state index contributed by atoms with van der Waals surface area (Å²) in [6.07, 6.45) is 0. The molecular weight excluding hydrogens is 206 g/mol. The third kappa shape index (κ3) is 1.61. The number of nitrogens with one attached hydrogen (secondary N) is 2. The Morgan fingerprint density at radius 3 is 2.62 bits per heavy atom. The molecule has 1 aromatic rings. The van der Waals surface area contributed by atoms with Crippen molar-refractivity contribution in [3.8, 4) is 6.07 Å². The molecule has 16 heavy (non-hydrogen) atoms. The molecule has 1 saturated heterocycles. The molecule has 1 atom stereocenters. The van der Waals surface area contributed by atoms with Gasteiger partial charge < -0.3 is 5.32 Å². The molecule has 3 amide bonds. The van der Waals surface area contributed by atoms with Gasteiger partial charge in [-0.3, -0.25) is 10.1 Å². The topological polar surface area (TPSA) is 82.0 Å². The Kier molecular flexibility index (Phi) is 2.33. The van der Waals surface area contributed by atoms with E-state index in [-0.39, 0.29) is 5.91 Å². The fourth-order valence-electron chi connectivity index (χ4n) is 1.70. The summed E-state index contributed by atoms with van der Waals surface area (Å²) >= 11 is 0. The Balaban J connectivity index is 2.39. The zero-order valence-corrected chi connectivity index (χ0v) is 8.57. The molecule has 1 aromatic carbocycles. The molecule has 1 aliphatic heterocycles. The molecule has 1 aliphatic rings. The van der Waals surface area contributed by atoms with E-state index in [1.165, 1.54) is 0 Å². The van der Waals surface area contributed by atoms with Gasteiger partial charge in [-0.25, -0.2) is 4.79 Å². The van der Waals surface area contributed by atoms with Gasteiger partial charge in [-0.1, -0.05) is 6.07 Å². The van der Waals surface area contributed by atoms with Gasteiger partial charge in [-0.2, -0.15) is 5.26 Å². The summed E-state index contributed by atoms with van der Waals surface area (Å²) in [5.41, 5.74) is 2.05. The van der Waals surface area contributed by atoms with Crippen molar-refractivity contribution in [3.63, 3.8) is 0 Å². The molecule has 0 aliphatic carbocycles. The second kappa shape index (κ2) is 3.66. The molecule has 1 fully saturated rings. The number of urea groups is 1. The Labute approximate surface area is 92.1 Å². The van der Waals surface area contributed by atoms with E-state index < -0.39 is 12.1 Å². The van der Waals surface area contributed by atoms with Gasteiger partial charge in [0.25, 0.3) is 5.91 Å². The third-order valence-corrected chi connectivity index (χ3v) is 2.48. The van der Waals surface area contributed by atoms with Crippen LogP contribution < -0.4 is 10.6 Å². The number of hydrogen-bond donors (Lipinski definition) is 2. The van der Waals surface area contributed by atoms with Crippen LogP contribution in [0.15, 0.2) is 18.2 Å². The molecule has 2 N–H and O–H groups in total. The lowest BCUT2D eigenvalue weighted by Gasteiger charge is -2.10. The summed E-state index contributed by atoms with van der Waals surface area (Å²) < 4.78 is 0. The van der Waals surface area contributed by atoms with Gasteiger partial charge in [0.2, 0.25) is 0 Å². The monoisotopic (exact) mass is 215 g/mol. The van der Waals surface area contributed by atoms with Crippen LogP contribution in [0.4, 0.5) is 4.79 Å². The first kappa shape index (κ1) is 10.2. The standard InChI is InChI=1S/C11H9N3O2/c1-6-4-7(5-12)2-3-8(6)9-10(15)14-11(16)13-9/h2-4,9H,1H3,(H2,13,14,15,16). The van der Waals surface area contributed by atoms with E-state index >= 15 is 0 Å². The largest absolute Gasteiger partial charge is 0.322 e. The number of amides is 3. The molecule has 2 rings (SSSR count). The zero-order valence-electron chi connectivity index (χ0n) is 8.57. The maximum atomic E-state index is 11.4. The maximum absolute atomic E-state index is 11.4. The number of nitriles is 1. The van der Waals surface area contributed by atoms with E-state index in [2.05, 4.69) is 10.6 Å². The van der Waals surface area contributed by atoms with Crippen molar-refractivity contribution in [1.82, 2.24) is 10.6 Å². The van der Waals surface area contributed by atoms with Crippen molar-refractivity contribution in [2.75, 3.05) is 0 Å². The summed E-state index contributed by atoms with van der Waals surface area (Å²) in [7, 11) is 0. The van der Waals surface area contributed by atoms with Crippen molar-refractivity contribution in [1.29, 1.82) is 5.26 Å². The fourth-order valence-corrected chi connectivity index (χ4v) is 1.70. The Hall–Kier alpha value is -2.35. The number of aryl methyl sites for hydroxylation is 1. The van der Waals surface area contributed by atoms with E-state index in [9.17, 15) is 9.59 Å². The number of rotatable bonds is 1. The molecule has 5 heteroatoms. The van der Waals surface area contributed by atoms with E-state index in [1.807, 2.05) is 6.07 Å². The Bertz CT molecular complexity index is 516. The lowest BCUT2D eigenvalue weighted by Crippen LogP contribution is -2.22. The maximum Gasteiger partial charge on any atom is 0.322 e. The highest BCUT2D eigenvalue weighted by Crippen LogP contribution is 2.21. The van der Waals surface area contributed by atoms with E-state index in [1.54, 1.807) is 25.1 Å². The molecule has 5 nitrogen and oxygen atoms in total. The molecule has 0 saturated carbocycles. The Morgan fingerprint density at radius 1 is 1.38 bits per heavy atom. The van der Waals surface area contributed by atoms with Crippen LogP contribution >= 0.6 is 0 Å². The van der Waals surface area contributed by atoms with Crippen molar-refractivity contribution in [3.05, 3.63) is 34.9 Å². The molecule has 0 radical (unpaired) electrons. The highest BCUT2D eigenvalue weighted by molar-refractivity contribution is 6.04. The lowest BCUT2D eigenvalue weighted by atomic mass is 9.99. The number of carbonyl (C=O) groups excluding carboxylic acids is 2. The minimum Gasteiger partial charge on any atom is -0.322 e. The molecule has 80 valence electrons. The predicted octanol–water partition coefficient (Wildman–Crippen LogP) is 0.747. The second-order valence-corrected chi connectivity index (χ2v) is 3.58. The smallest absolute Gasteiger partial charge is 0.322 e. The van der Waals surface area contributed by atoms with E-state index in [0.717, 1.165) is 5.56 Å². The second-order valence-electron chi connectivity index (χ2n) is 3.58. The third-order valence-electron chi connectivity index (χ3n) is 2.48. The van der Waals surface area contributed by atoms with Crippen molar-refractivity contribution in [2.45, 2.75) is 13.0 Å². The highest BCUT2D eigenvalue weighted by atomic mass is 16.2. The quantitative estimate of drug-likeness (QED) is 0.678. The summed E-state index contributed by atoms with van der Waals surface area (Å²) in [5, 5.41) is 13.4. The van der Waals surface area contributed by atoms with Crippen LogP contribution in [0.5, 0.6) is 0 Å². The van der Waals surface area contributed by atoms with Crippen LogP contribution in [0.1, 0.15) is 22.7 Å². The number of nitrogens with zero attached hydrogens (tertiary/aromatic N) is 1. The zero-order chi connectivity index (χ0) is 11.7. The molecule has 1 unspecified atom stereocenters. The average molecular weight is 215 g/mol. The highest BCUT2D eigenvalue weighted by Gasteiger charge is 2.31. The number of hydrogen-bond acceptors (Lipinski definition) is 3. The van der Waals surface area contributed by atoms with Gasteiger partial charge in [0.15, 0.2) is 0 Å². The lowest BCUT2D eigenvalue weighted by molar-refractivity contribution is -0.120. The molecular formula is C11H9N3O2. The first-order chi connectivity index (χ1) is 7.61. The van der Waals surface area contributed by atoms with Crippen molar-refractivity contribution < 1.29 is 9.59 Å². The summed E-state index contributed by atoms with van der Waals surface area (Å²) in [6, 6.07) is 5.87. The van der Waals surface area contributed by atoms with Crippen molar-refractivity contribution >= 4 is 11.9 Å². The number of carbonyl (C=O) groups is 2. The van der Waals surface area contributed by atoms with Crippen LogP contribution in [-0.2, 0) is 4.79 Å². The summed E-state index contributed by atoms with van der Waals surface area (Å²) in [4.78, 5) is 22.4. The van der Waals surface area contributed by atoms with E-state index in [0.29, 0.717) is 11.1 Å². The van der Waals surface area contributed by atoms with Crippen LogP contribution in [0.3, 0.4) is 0 Å². The van der Waals surface area contributed by atoms with E-state index in [4.69, 9.17) is 5.26 Å². The van der Waals surface area contributed by atoms with Gasteiger partial charge >= 0.3 is 6.03 Å². The minimum atomic E-state index is -0.653. The summed E-state index contributed by atoms with van der Waals surface area (Å²) in [5.74, 6) is -0.363. The SMILES string of the molecule is Cc1cc(C#N)ccc1C1NC(=O)NC1=O. The first-order valence-electron chi connectivity index (χ1n) is 4.74. The van der Waals surface area contributed by atoms with Gasteiger partial charge in [-0.05, 0) is 30.2 Å². The normalized spacial score (nSPS) is 18.9.